The molecular weight excluding hydrogens is 342 g/mol. The molecule has 4 aromatic rings. The van der Waals surface area contributed by atoms with Crippen LogP contribution < -0.4 is 0 Å². The first-order valence-corrected chi connectivity index (χ1v) is 7.49. The van der Waals surface area contributed by atoms with E-state index in [2.05, 4.69) is 36.0 Å². The fraction of sp³-hybridized carbons (Fsp3) is 0. The molecule has 0 aliphatic rings. The summed E-state index contributed by atoms with van der Waals surface area (Å²) >= 11 is 3.45. The van der Waals surface area contributed by atoms with Crippen molar-refractivity contribution in [1.29, 1.82) is 0 Å². The molecular formula is C16H10BrN5. The van der Waals surface area contributed by atoms with Crippen LogP contribution in [-0.4, -0.2) is 24.6 Å². The van der Waals surface area contributed by atoms with Crippen LogP contribution in [0.1, 0.15) is 0 Å². The topological polar surface area (TPSA) is 56.0 Å². The van der Waals surface area contributed by atoms with Gasteiger partial charge >= 0.3 is 0 Å². The first-order chi connectivity index (χ1) is 10.8. The number of benzene rings is 1. The summed E-state index contributed by atoms with van der Waals surface area (Å²) < 4.78 is 2.79. The number of aromatic nitrogens is 5. The highest BCUT2D eigenvalue weighted by Gasteiger charge is 2.11. The zero-order chi connectivity index (χ0) is 14.9. The number of nitrogens with zero attached hydrogens (tertiary/aromatic N) is 5. The molecule has 0 unspecified atom stereocenters. The Morgan fingerprint density at radius 3 is 2.55 bits per heavy atom. The molecule has 0 radical (unpaired) electrons. The first-order valence-electron chi connectivity index (χ1n) is 6.69. The van der Waals surface area contributed by atoms with E-state index in [0.29, 0.717) is 11.6 Å². The maximum absolute atomic E-state index is 4.57. The Labute approximate surface area is 134 Å². The van der Waals surface area contributed by atoms with Gasteiger partial charge in [0.15, 0.2) is 5.82 Å². The Kier molecular flexibility index (Phi) is 3.16. The molecule has 106 valence electrons. The molecule has 3 aromatic heterocycles. The average Bonchev–Trinajstić information content (AvgIpc) is 3.01. The third kappa shape index (κ3) is 2.27. The van der Waals surface area contributed by atoms with Gasteiger partial charge < -0.3 is 0 Å². The minimum Gasteiger partial charge on any atom is -0.264 e. The second-order valence-corrected chi connectivity index (χ2v) is 5.64. The van der Waals surface area contributed by atoms with E-state index in [-0.39, 0.29) is 0 Å². The van der Waals surface area contributed by atoms with Crippen LogP contribution in [0.25, 0.3) is 28.4 Å². The number of fused-ring (bicyclic) bond motifs is 1. The molecule has 4 rings (SSSR count). The molecule has 3 heterocycles. The fourth-order valence-corrected chi connectivity index (χ4v) is 2.51. The van der Waals surface area contributed by atoms with Crippen LogP contribution in [0, 0.1) is 0 Å². The highest BCUT2D eigenvalue weighted by Crippen LogP contribution is 2.23. The number of pyridine rings is 1. The molecule has 0 spiro atoms. The molecule has 6 heteroatoms. The van der Waals surface area contributed by atoms with Gasteiger partial charge in [0.05, 0.1) is 5.69 Å². The van der Waals surface area contributed by atoms with E-state index in [1.54, 1.807) is 23.1 Å². The highest BCUT2D eigenvalue weighted by molar-refractivity contribution is 9.10. The van der Waals surface area contributed by atoms with Gasteiger partial charge in [0.1, 0.15) is 0 Å². The minimum absolute atomic E-state index is 0.569. The Bertz CT molecular complexity index is 932. The summed E-state index contributed by atoms with van der Waals surface area (Å²) in [5.41, 5.74) is 2.87. The Morgan fingerprint density at radius 1 is 0.909 bits per heavy atom. The van der Waals surface area contributed by atoms with Crippen molar-refractivity contribution >= 4 is 21.7 Å². The van der Waals surface area contributed by atoms with E-state index < -0.39 is 0 Å². The summed E-state index contributed by atoms with van der Waals surface area (Å²) in [6.07, 6.45) is 5.22. The van der Waals surface area contributed by atoms with Gasteiger partial charge in [-0.05, 0) is 30.3 Å². The van der Waals surface area contributed by atoms with Gasteiger partial charge in [-0.2, -0.15) is 9.50 Å². The van der Waals surface area contributed by atoms with Gasteiger partial charge in [-0.1, -0.05) is 28.1 Å². The minimum atomic E-state index is 0.569. The monoisotopic (exact) mass is 351 g/mol. The van der Waals surface area contributed by atoms with Crippen molar-refractivity contribution in [2.24, 2.45) is 0 Å². The molecule has 0 fully saturated rings. The summed E-state index contributed by atoms with van der Waals surface area (Å²) in [5.74, 6) is 1.18. The van der Waals surface area contributed by atoms with Gasteiger partial charge in [-0.25, -0.2) is 4.98 Å². The van der Waals surface area contributed by atoms with Crippen LogP contribution in [0.15, 0.2) is 65.5 Å². The number of hydrogen-bond acceptors (Lipinski definition) is 4. The smallest absolute Gasteiger partial charge is 0.253 e. The third-order valence-corrected chi connectivity index (χ3v) is 3.83. The van der Waals surface area contributed by atoms with E-state index in [4.69, 9.17) is 0 Å². The lowest BCUT2D eigenvalue weighted by atomic mass is 10.1. The molecule has 0 saturated carbocycles. The number of rotatable bonds is 2. The predicted octanol–water partition coefficient (Wildman–Crippen LogP) is 3.62. The molecule has 0 N–H and O–H groups in total. The Hall–Kier alpha value is -2.60. The standard InChI is InChI=1S/C16H10BrN5/c17-13-5-3-11(4-6-13)14-7-9-19-16-20-15(21-22(14)16)12-2-1-8-18-10-12/h1-10H. The molecule has 5 nitrogen and oxygen atoms in total. The zero-order valence-electron chi connectivity index (χ0n) is 11.4. The zero-order valence-corrected chi connectivity index (χ0v) is 13.0. The van der Waals surface area contributed by atoms with Crippen molar-refractivity contribution in [3.63, 3.8) is 0 Å². The number of halogens is 1. The van der Waals surface area contributed by atoms with Crippen LogP contribution in [-0.2, 0) is 0 Å². The second kappa shape index (κ2) is 5.31. The van der Waals surface area contributed by atoms with E-state index in [0.717, 1.165) is 21.3 Å². The van der Waals surface area contributed by atoms with E-state index in [1.807, 2.05) is 42.5 Å². The lowest BCUT2D eigenvalue weighted by molar-refractivity contribution is 0.950. The van der Waals surface area contributed by atoms with Crippen molar-refractivity contribution in [1.82, 2.24) is 24.6 Å². The Morgan fingerprint density at radius 2 is 1.77 bits per heavy atom. The largest absolute Gasteiger partial charge is 0.264 e. The van der Waals surface area contributed by atoms with Crippen molar-refractivity contribution in [3.8, 4) is 22.6 Å². The maximum Gasteiger partial charge on any atom is 0.253 e. The Balaban J connectivity index is 1.90. The van der Waals surface area contributed by atoms with Crippen LogP contribution in [0.4, 0.5) is 0 Å². The van der Waals surface area contributed by atoms with Gasteiger partial charge in [0.2, 0.25) is 0 Å². The SMILES string of the molecule is Brc1ccc(-c2ccnc3nc(-c4cccnc4)nn23)cc1. The van der Waals surface area contributed by atoms with Gasteiger partial charge in [-0.15, -0.1) is 5.10 Å². The number of hydrogen-bond donors (Lipinski definition) is 0. The van der Waals surface area contributed by atoms with Crippen LogP contribution in [0.2, 0.25) is 0 Å². The van der Waals surface area contributed by atoms with Gasteiger partial charge in [0, 0.05) is 34.2 Å². The summed E-state index contributed by atoms with van der Waals surface area (Å²) in [4.78, 5) is 12.9. The molecule has 1 aromatic carbocycles. The van der Waals surface area contributed by atoms with Crippen LogP contribution >= 0.6 is 15.9 Å². The van der Waals surface area contributed by atoms with Gasteiger partial charge in [0.25, 0.3) is 5.78 Å². The molecule has 0 saturated heterocycles. The summed E-state index contributed by atoms with van der Waals surface area (Å²) in [6.45, 7) is 0. The highest BCUT2D eigenvalue weighted by atomic mass is 79.9. The summed E-state index contributed by atoms with van der Waals surface area (Å²) in [6, 6.07) is 13.8. The molecule has 0 bridgehead atoms. The van der Waals surface area contributed by atoms with Crippen molar-refractivity contribution in [3.05, 3.63) is 65.5 Å². The average molecular weight is 352 g/mol. The predicted molar refractivity (Wildman–Crippen MR) is 87.1 cm³/mol. The van der Waals surface area contributed by atoms with Gasteiger partial charge in [-0.3, -0.25) is 4.98 Å². The summed E-state index contributed by atoms with van der Waals surface area (Å²) in [7, 11) is 0. The fourth-order valence-electron chi connectivity index (χ4n) is 2.25. The molecule has 0 aliphatic heterocycles. The van der Waals surface area contributed by atoms with E-state index in [9.17, 15) is 0 Å². The van der Waals surface area contributed by atoms with Crippen molar-refractivity contribution in [2.75, 3.05) is 0 Å². The lowest BCUT2D eigenvalue weighted by Gasteiger charge is -2.03. The lowest BCUT2D eigenvalue weighted by Crippen LogP contribution is -1.95. The van der Waals surface area contributed by atoms with Crippen LogP contribution in [0.3, 0.4) is 0 Å². The molecule has 22 heavy (non-hydrogen) atoms. The normalized spacial score (nSPS) is 11.0. The summed E-state index contributed by atoms with van der Waals surface area (Å²) in [5, 5.41) is 4.57. The van der Waals surface area contributed by atoms with Crippen LogP contribution in [0.5, 0.6) is 0 Å². The van der Waals surface area contributed by atoms with Crippen molar-refractivity contribution < 1.29 is 0 Å². The van der Waals surface area contributed by atoms with E-state index >= 15 is 0 Å². The van der Waals surface area contributed by atoms with Crippen molar-refractivity contribution in [2.45, 2.75) is 0 Å². The molecule has 0 atom stereocenters. The maximum atomic E-state index is 4.57. The third-order valence-electron chi connectivity index (χ3n) is 3.30. The quantitative estimate of drug-likeness (QED) is 0.553. The first kappa shape index (κ1) is 13.1. The second-order valence-electron chi connectivity index (χ2n) is 4.73. The molecule has 0 amide bonds. The van der Waals surface area contributed by atoms with E-state index in [1.165, 1.54) is 0 Å². The molecule has 0 aliphatic carbocycles.